The van der Waals surface area contributed by atoms with Gasteiger partial charge in [0.25, 0.3) is 0 Å². The summed E-state index contributed by atoms with van der Waals surface area (Å²) in [4.78, 5) is 0. The molecule has 0 aromatic heterocycles. The smallest absolute Gasteiger partial charge is 0.358 e. The van der Waals surface area contributed by atoms with Crippen LogP contribution < -0.4 is 9.47 Å². The monoisotopic (exact) mass is 554 g/mol. The summed E-state index contributed by atoms with van der Waals surface area (Å²) in [6.45, 7) is 0.230. The Morgan fingerprint density at radius 3 is 1.79 bits per heavy atom. The maximum atomic E-state index is 6.36. The number of hydrogen-bond donors (Lipinski definition) is 0. The van der Waals surface area contributed by atoms with Gasteiger partial charge in [0.15, 0.2) is 24.8 Å². The first-order valence-electron chi connectivity index (χ1n) is 12.0. The normalized spacial score (nSPS) is 26.4. The number of benzene rings is 3. The fourth-order valence-electron chi connectivity index (χ4n) is 4.22. The molecule has 0 aliphatic carbocycles. The topological polar surface area (TPSA) is 73.8 Å². The lowest BCUT2D eigenvalue weighted by atomic mass is 9.97. The van der Waals surface area contributed by atoms with Crippen molar-refractivity contribution in [1.29, 1.82) is 0 Å². The number of thiocarbonyl (C=S) groups is 2. The van der Waals surface area contributed by atoms with E-state index in [4.69, 9.17) is 62.3 Å². The highest BCUT2D eigenvalue weighted by molar-refractivity contribution is 7.80. The van der Waals surface area contributed by atoms with E-state index in [1.165, 1.54) is 7.11 Å². The van der Waals surface area contributed by atoms with Gasteiger partial charge in [0.2, 0.25) is 0 Å². The first kappa shape index (κ1) is 26.5. The SMILES string of the molecule is CO[C@H]1O[C@@H]2COC(c3ccccc3)O[C@H]2[C@H](OC(=S)Oc2ccccc2)[C@H]1OC(=S)Oc1ccccc1. The van der Waals surface area contributed by atoms with Crippen LogP contribution in [0.1, 0.15) is 11.9 Å². The molecule has 2 saturated heterocycles. The Balaban J connectivity index is 1.39. The Bertz CT molecular complexity index is 1200. The summed E-state index contributed by atoms with van der Waals surface area (Å²) < 4.78 is 47.7. The Morgan fingerprint density at radius 2 is 1.24 bits per heavy atom. The average Bonchev–Trinajstić information content (AvgIpc) is 2.95. The summed E-state index contributed by atoms with van der Waals surface area (Å²) in [6.07, 6.45) is -4.50. The summed E-state index contributed by atoms with van der Waals surface area (Å²) in [6, 6.07) is 27.7. The molecule has 8 nitrogen and oxygen atoms in total. The maximum absolute atomic E-state index is 6.36. The third-order valence-corrected chi connectivity index (χ3v) is 6.30. The fourth-order valence-corrected chi connectivity index (χ4v) is 4.63. The number of para-hydroxylation sites is 2. The van der Waals surface area contributed by atoms with Crippen molar-refractivity contribution < 1.29 is 37.9 Å². The average molecular weight is 555 g/mol. The number of fused-ring (bicyclic) bond motifs is 1. The van der Waals surface area contributed by atoms with E-state index in [1.807, 2.05) is 66.7 Å². The number of methoxy groups -OCH3 is 1. The first-order chi connectivity index (χ1) is 18.6. The molecule has 3 aromatic carbocycles. The molecule has 0 bridgehead atoms. The van der Waals surface area contributed by atoms with Crippen molar-refractivity contribution in [3.63, 3.8) is 0 Å². The van der Waals surface area contributed by atoms with Gasteiger partial charge in [-0.15, -0.1) is 0 Å². The second-order valence-corrected chi connectivity index (χ2v) is 9.12. The molecule has 2 aliphatic rings. The van der Waals surface area contributed by atoms with Crippen molar-refractivity contribution in [2.24, 2.45) is 0 Å². The predicted octanol–water partition coefficient (Wildman–Crippen LogP) is 4.97. The van der Waals surface area contributed by atoms with Crippen LogP contribution in [0.25, 0.3) is 0 Å². The Morgan fingerprint density at radius 1 is 0.711 bits per heavy atom. The zero-order valence-electron chi connectivity index (χ0n) is 20.4. The lowest BCUT2D eigenvalue weighted by Crippen LogP contribution is -2.64. The van der Waals surface area contributed by atoms with Crippen LogP contribution in [0.2, 0.25) is 0 Å². The summed E-state index contributed by atoms with van der Waals surface area (Å²) in [5, 5.41) is -0.257. The highest BCUT2D eigenvalue weighted by Gasteiger charge is 2.54. The van der Waals surface area contributed by atoms with E-state index >= 15 is 0 Å². The molecule has 198 valence electrons. The molecule has 1 unspecified atom stereocenters. The molecule has 2 fully saturated rings. The van der Waals surface area contributed by atoms with Crippen molar-refractivity contribution >= 4 is 34.9 Å². The minimum atomic E-state index is -0.913. The van der Waals surface area contributed by atoms with Gasteiger partial charge in [0.05, 0.1) is 6.61 Å². The van der Waals surface area contributed by atoms with Gasteiger partial charge >= 0.3 is 10.5 Å². The van der Waals surface area contributed by atoms with Gasteiger partial charge in [-0.2, -0.15) is 0 Å². The lowest BCUT2D eigenvalue weighted by molar-refractivity contribution is -0.355. The van der Waals surface area contributed by atoms with Gasteiger partial charge in [-0.1, -0.05) is 66.7 Å². The Labute approximate surface area is 231 Å². The Hall–Kier alpha value is -3.12. The van der Waals surface area contributed by atoms with Gasteiger partial charge in [-0.25, -0.2) is 0 Å². The number of rotatable bonds is 6. The minimum absolute atomic E-state index is 0.119. The molecule has 3 aromatic rings. The van der Waals surface area contributed by atoms with Crippen molar-refractivity contribution in [2.75, 3.05) is 13.7 Å². The molecule has 6 atom stereocenters. The zero-order chi connectivity index (χ0) is 26.3. The first-order valence-corrected chi connectivity index (χ1v) is 12.8. The molecule has 0 spiro atoms. The number of ether oxygens (including phenoxy) is 8. The van der Waals surface area contributed by atoms with Crippen LogP contribution in [-0.4, -0.2) is 54.9 Å². The van der Waals surface area contributed by atoms with E-state index < -0.39 is 37.0 Å². The molecular weight excluding hydrogens is 528 g/mol. The second-order valence-electron chi connectivity index (χ2n) is 8.45. The van der Waals surface area contributed by atoms with Gasteiger partial charge in [-0.05, 0) is 24.3 Å². The molecule has 0 radical (unpaired) electrons. The van der Waals surface area contributed by atoms with Crippen LogP contribution in [0.5, 0.6) is 11.5 Å². The predicted molar refractivity (Wildman–Crippen MR) is 145 cm³/mol. The fraction of sp³-hybridized carbons (Fsp3) is 0.286. The molecule has 0 saturated carbocycles. The van der Waals surface area contributed by atoms with Gasteiger partial charge < -0.3 is 37.9 Å². The summed E-state index contributed by atoms with van der Waals surface area (Å²) in [5.41, 5.74) is 0.849. The quantitative estimate of drug-likeness (QED) is 0.390. The van der Waals surface area contributed by atoms with E-state index in [9.17, 15) is 0 Å². The number of hydrogen-bond acceptors (Lipinski definition) is 10. The van der Waals surface area contributed by atoms with E-state index in [2.05, 4.69) is 0 Å². The Kier molecular flexibility index (Phi) is 8.79. The molecule has 0 N–H and O–H groups in total. The van der Waals surface area contributed by atoms with Crippen molar-refractivity contribution in [3.05, 3.63) is 96.6 Å². The molecule has 0 amide bonds. The highest BCUT2D eigenvalue weighted by atomic mass is 32.1. The molecular formula is C28H26O8S2. The van der Waals surface area contributed by atoms with Gasteiger partial charge in [0.1, 0.15) is 23.7 Å². The molecule has 38 heavy (non-hydrogen) atoms. The van der Waals surface area contributed by atoms with Crippen LogP contribution in [0.3, 0.4) is 0 Å². The highest BCUT2D eigenvalue weighted by Crippen LogP contribution is 2.37. The molecule has 5 rings (SSSR count). The molecule has 2 heterocycles. The van der Waals surface area contributed by atoms with Gasteiger partial charge in [-0.3, -0.25) is 0 Å². The van der Waals surface area contributed by atoms with Crippen LogP contribution in [0.4, 0.5) is 0 Å². The minimum Gasteiger partial charge on any atom is -0.446 e. The maximum Gasteiger partial charge on any atom is 0.358 e. The standard InChI is InChI=1S/C28H26O8S2/c1-29-26-24(36-28(38)32-20-15-9-4-10-16-20)23(35-27(37)31-19-13-7-3-8-14-19)22-21(33-26)17-30-25(34-22)18-11-5-2-6-12-18/h2-16,21-26H,17H2,1H3/t21-,22-,23+,24-,25?,26+/m1/s1. The summed E-state index contributed by atoms with van der Waals surface area (Å²) >= 11 is 10.8. The van der Waals surface area contributed by atoms with Crippen LogP contribution in [0, 0.1) is 0 Å². The van der Waals surface area contributed by atoms with E-state index in [0.717, 1.165) is 5.56 Å². The van der Waals surface area contributed by atoms with E-state index in [0.29, 0.717) is 11.5 Å². The third-order valence-electron chi connectivity index (χ3n) is 5.94. The molecule has 10 heteroatoms. The zero-order valence-corrected chi connectivity index (χ0v) is 22.0. The molecule has 2 aliphatic heterocycles. The van der Waals surface area contributed by atoms with Crippen LogP contribution in [-0.2, 0) is 28.4 Å². The van der Waals surface area contributed by atoms with Crippen LogP contribution >= 0.6 is 24.4 Å². The van der Waals surface area contributed by atoms with E-state index in [1.54, 1.807) is 24.3 Å². The lowest BCUT2D eigenvalue weighted by Gasteiger charge is -2.48. The third kappa shape index (κ3) is 6.47. The van der Waals surface area contributed by atoms with E-state index in [-0.39, 0.29) is 17.1 Å². The van der Waals surface area contributed by atoms with Crippen molar-refractivity contribution in [2.45, 2.75) is 37.0 Å². The summed E-state index contributed by atoms with van der Waals surface area (Å²) in [7, 11) is 1.50. The second kappa shape index (κ2) is 12.6. The van der Waals surface area contributed by atoms with Crippen molar-refractivity contribution in [3.8, 4) is 11.5 Å². The summed E-state index contributed by atoms with van der Waals surface area (Å²) in [5.74, 6) is 1.05. The van der Waals surface area contributed by atoms with Crippen LogP contribution in [0.15, 0.2) is 91.0 Å². The van der Waals surface area contributed by atoms with Crippen molar-refractivity contribution in [1.82, 2.24) is 0 Å². The van der Waals surface area contributed by atoms with Gasteiger partial charge in [0, 0.05) is 37.1 Å². The largest absolute Gasteiger partial charge is 0.446 e.